The second-order valence-electron chi connectivity index (χ2n) is 10.1. The summed E-state index contributed by atoms with van der Waals surface area (Å²) in [6.45, 7) is 1.42. The van der Waals surface area contributed by atoms with Crippen LogP contribution in [0.4, 0.5) is 10.1 Å². The van der Waals surface area contributed by atoms with Crippen LogP contribution in [0.25, 0.3) is 0 Å². The summed E-state index contributed by atoms with van der Waals surface area (Å²) >= 11 is 0. The number of carbonyl (C=O) groups excluding carboxylic acids is 1. The highest BCUT2D eigenvalue weighted by Crippen LogP contribution is 2.33. The minimum absolute atomic E-state index is 0.0603. The zero-order valence-corrected chi connectivity index (χ0v) is 23.0. The molecule has 206 valence electrons. The molecule has 1 saturated carbocycles. The van der Waals surface area contributed by atoms with Gasteiger partial charge in [0.1, 0.15) is 5.82 Å². The SMILES string of the molecule is Cc1ccc(S(=O)(=O)N(C)CC(=O)N(Cc2ccc(C3CCCCC3)cc2)c2ccc(C(=O)O)c(F)c2)cc1. The fourth-order valence-corrected chi connectivity index (χ4v) is 6.05. The summed E-state index contributed by atoms with van der Waals surface area (Å²) in [7, 11) is -2.63. The van der Waals surface area contributed by atoms with Gasteiger partial charge < -0.3 is 10.0 Å². The number of anilines is 1. The number of aryl methyl sites for hydroxylation is 1. The van der Waals surface area contributed by atoms with Gasteiger partial charge in [0.15, 0.2) is 0 Å². The van der Waals surface area contributed by atoms with Gasteiger partial charge in [-0.2, -0.15) is 4.31 Å². The fourth-order valence-electron chi connectivity index (χ4n) is 4.93. The third-order valence-electron chi connectivity index (χ3n) is 7.28. The average molecular weight is 553 g/mol. The lowest BCUT2D eigenvalue weighted by molar-refractivity contribution is -0.118. The molecule has 3 aromatic carbocycles. The Balaban J connectivity index is 1.60. The highest BCUT2D eigenvalue weighted by molar-refractivity contribution is 7.89. The topological polar surface area (TPSA) is 95.0 Å². The Morgan fingerprint density at radius 2 is 1.59 bits per heavy atom. The molecule has 0 saturated heterocycles. The van der Waals surface area contributed by atoms with Crippen molar-refractivity contribution in [1.82, 2.24) is 4.31 Å². The van der Waals surface area contributed by atoms with Crippen LogP contribution in [0, 0.1) is 12.7 Å². The predicted octanol–water partition coefficient (Wildman–Crippen LogP) is 5.73. The van der Waals surface area contributed by atoms with Crippen LogP contribution < -0.4 is 4.90 Å². The van der Waals surface area contributed by atoms with Crippen LogP contribution in [0.5, 0.6) is 0 Å². The summed E-state index contributed by atoms with van der Waals surface area (Å²) in [5.74, 6) is -2.46. The molecule has 0 aliphatic heterocycles. The molecule has 0 heterocycles. The number of aromatic carboxylic acids is 1. The van der Waals surface area contributed by atoms with Gasteiger partial charge in [-0.1, -0.05) is 61.2 Å². The molecule has 0 spiro atoms. The van der Waals surface area contributed by atoms with E-state index in [0.29, 0.717) is 5.92 Å². The second kappa shape index (κ2) is 12.1. The fraction of sp³-hybridized carbons (Fsp3) is 0.333. The van der Waals surface area contributed by atoms with Gasteiger partial charge in [0, 0.05) is 12.7 Å². The average Bonchev–Trinajstić information content (AvgIpc) is 2.92. The summed E-state index contributed by atoms with van der Waals surface area (Å²) in [5.41, 5.74) is 2.56. The summed E-state index contributed by atoms with van der Waals surface area (Å²) < 4.78 is 41.7. The van der Waals surface area contributed by atoms with E-state index >= 15 is 0 Å². The molecule has 1 fully saturated rings. The molecule has 1 aliphatic rings. The van der Waals surface area contributed by atoms with Crippen molar-refractivity contribution in [1.29, 1.82) is 0 Å². The number of benzene rings is 3. The molecule has 39 heavy (non-hydrogen) atoms. The number of halogens is 1. The largest absolute Gasteiger partial charge is 0.478 e. The van der Waals surface area contributed by atoms with Crippen LogP contribution in [0.3, 0.4) is 0 Å². The Bertz CT molecular complexity index is 1430. The van der Waals surface area contributed by atoms with Gasteiger partial charge >= 0.3 is 5.97 Å². The molecule has 1 amide bonds. The van der Waals surface area contributed by atoms with Gasteiger partial charge in [0.25, 0.3) is 0 Å². The number of sulfonamides is 1. The summed E-state index contributed by atoms with van der Waals surface area (Å²) in [5, 5.41) is 9.21. The van der Waals surface area contributed by atoms with E-state index in [-0.39, 0.29) is 17.1 Å². The van der Waals surface area contributed by atoms with Crippen molar-refractivity contribution in [3.05, 3.63) is 94.8 Å². The van der Waals surface area contributed by atoms with Crippen LogP contribution in [0.2, 0.25) is 0 Å². The Morgan fingerprint density at radius 1 is 0.949 bits per heavy atom. The van der Waals surface area contributed by atoms with Crippen molar-refractivity contribution in [3.63, 3.8) is 0 Å². The van der Waals surface area contributed by atoms with Gasteiger partial charge in [-0.25, -0.2) is 17.6 Å². The molecule has 4 rings (SSSR count). The number of nitrogens with zero attached hydrogens (tertiary/aromatic N) is 2. The highest BCUT2D eigenvalue weighted by atomic mass is 32.2. The zero-order valence-electron chi connectivity index (χ0n) is 22.1. The van der Waals surface area contributed by atoms with Gasteiger partial charge in [0.05, 0.1) is 23.5 Å². The van der Waals surface area contributed by atoms with Crippen LogP contribution in [0.15, 0.2) is 71.6 Å². The molecule has 3 aromatic rings. The first-order valence-electron chi connectivity index (χ1n) is 13.0. The lowest BCUT2D eigenvalue weighted by atomic mass is 9.84. The van der Waals surface area contributed by atoms with E-state index in [1.54, 1.807) is 12.1 Å². The molecular weight excluding hydrogens is 519 g/mol. The number of likely N-dealkylation sites (N-methyl/N-ethyl adjacent to an activating group) is 1. The first kappa shape index (κ1) is 28.4. The van der Waals surface area contributed by atoms with Gasteiger partial charge in [-0.15, -0.1) is 0 Å². The van der Waals surface area contributed by atoms with Gasteiger partial charge in [0.2, 0.25) is 15.9 Å². The number of carboxylic acid groups (broad SMARTS) is 1. The molecule has 0 bridgehead atoms. The third kappa shape index (κ3) is 6.72. The predicted molar refractivity (Wildman–Crippen MR) is 148 cm³/mol. The van der Waals surface area contributed by atoms with Crippen LogP contribution in [0.1, 0.15) is 65.1 Å². The normalized spacial score (nSPS) is 14.4. The Morgan fingerprint density at radius 3 is 2.18 bits per heavy atom. The van der Waals surface area contributed by atoms with Crippen molar-refractivity contribution >= 4 is 27.6 Å². The molecule has 0 aromatic heterocycles. The van der Waals surface area contributed by atoms with Gasteiger partial charge in [-0.3, -0.25) is 4.79 Å². The van der Waals surface area contributed by atoms with Crippen molar-refractivity contribution in [2.24, 2.45) is 0 Å². The first-order chi connectivity index (χ1) is 18.6. The Kier molecular flexibility index (Phi) is 8.82. The van der Waals surface area contributed by atoms with E-state index in [4.69, 9.17) is 0 Å². The number of carboxylic acids is 1. The van der Waals surface area contributed by atoms with Crippen molar-refractivity contribution < 1.29 is 27.5 Å². The molecule has 0 atom stereocenters. The molecule has 9 heteroatoms. The maximum absolute atomic E-state index is 14.6. The van der Waals surface area contributed by atoms with E-state index in [0.717, 1.165) is 40.4 Å². The van der Waals surface area contributed by atoms with Crippen molar-refractivity contribution in [3.8, 4) is 0 Å². The summed E-state index contributed by atoms with van der Waals surface area (Å²) in [6, 6.07) is 17.7. The first-order valence-corrected chi connectivity index (χ1v) is 14.5. The quantitative estimate of drug-likeness (QED) is 0.366. The molecule has 0 unspecified atom stereocenters. The van der Waals surface area contributed by atoms with E-state index in [1.165, 1.54) is 55.0 Å². The molecular formula is C30H33FN2O5S. The Labute approximate surface area is 228 Å². The zero-order chi connectivity index (χ0) is 28.2. The molecule has 0 radical (unpaired) electrons. The number of hydrogen-bond acceptors (Lipinski definition) is 4. The van der Waals surface area contributed by atoms with Gasteiger partial charge in [-0.05, 0) is 67.1 Å². The van der Waals surface area contributed by atoms with Crippen LogP contribution >= 0.6 is 0 Å². The molecule has 1 N–H and O–H groups in total. The number of hydrogen-bond donors (Lipinski definition) is 1. The van der Waals surface area contributed by atoms with Crippen LogP contribution in [-0.4, -0.2) is 43.3 Å². The lowest BCUT2D eigenvalue weighted by Gasteiger charge is -2.26. The standard InChI is InChI=1S/C30H33FN2O5S/c1-21-8-15-26(16-9-21)39(37,38)32(2)20-29(34)33(25-14-17-27(30(35)36)28(31)18-25)19-22-10-12-24(13-11-22)23-6-4-3-5-7-23/h8-18,23H,3-7,19-20H2,1-2H3,(H,35,36). The summed E-state index contributed by atoms with van der Waals surface area (Å²) in [4.78, 5) is 26.2. The monoisotopic (exact) mass is 552 g/mol. The van der Waals surface area contributed by atoms with Crippen molar-refractivity contribution in [2.75, 3.05) is 18.5 Å². The summed E-state index contributed by atoms with van der Waals surface area (Å²) in [6.07, 6.45) is 6.00. The van der Waals surface area contributed by atoms with Crippen LogP contribution in [-0.2, 0) is 21.4 Å². The smallest absolute Gasteiger partial charge is 0.338 e. The Hall–Kier alpha value is -3.56. The number of amides is 1. The van der Waals surface area contributed by atoms with Crippen molar-refractivity contribution in [2.45, 2.75) is 56.4 Å². The number of rotatable bonds is 9. The highest BCUT2D eigenvalue weighted by Gasteiger charge is 2.27. The maximum atomic E-state index is 14.6. The third-order valence-corrected chi connectivity index (χ3v) is 9.10. The second-order valence-corrected chi connectivity index (χ2v) is 12.1. The maximum Gasteiger partial charge on any atom is 0.338 e. The van der Waals surface area contributed by atoms with E-state index in [9.17, 15) is 27.5 Å². The minimum Gasteiger partial charge on any atom is -0.478 e. The lowest BCUT2D eigenvalue weighted by Crippen LogP contribution is -2.41. The van der Waals surface area contributed by atoms with E-state index in [2.05, 4.69) is 12.1 Å². The number of carbonyl (C=O) groups is 2. The molecule has 7 nitrogen and oxygen atoms in total. The van der Waals surface area contributed by atoms with E-state index in [1.807, 2.05) is 19.1 Å². The minimum atomic E-state index is -3.95. The van der Waals surface area contributed by atoms with E-state index < -0.39 is 39.8 Å². The molecule has 1 aliphatic carbocycles.